The van der Waals surface area contributed by atoms with Gasteiger partial charge in [-0.1, -0.05) is 25.0 Å². The zero-order chi connectivity index (χ0) is 13.7. The summed E-state index contributed by atoms with van der Waals surface area (Å²) in [5, 5.41) is 12.2. The first-order chi connectivity index (χ1) is 9.18. The molecule has 1 fully saturated rings. The van der Waals surface area contributed by atoms with E-state index in [9.17, 15) is 14.7 Å². The lowest BCUT2D eigenvalue weighted by atomic mass is 9.78. The van der Waals surface area contributed by atoms with E-state index >= 15 is 0 Å². The standard InChI is InChI=1S/C15H23NO3/c17-14(16-10-11-6-2-1-3-7-11)12-8-4-5-9-13(12)15(18)19/h1-2,11-13H,3-10H2,(H,16,17)(H,18,19)/t11?,12-,13+/m1/s1. The smallest absolute Gasteiger partial charge is 0.307 e. The number of carboxylic acids is 1. The molecule has 0 aromatic rings. The normalized spacial score (nSPS) is 30.8. The van der Waals surface area contributed by atoms with E-state index in [0.717, 1.165) is 32.1 Å². The fraction of sp³-hybridized carbons (Fsp3) is 0.733. The molecule has 1 unspecified atom stereocenters. The topological polar surface area (TPSA) is 66.4 Å². The van der Waals surface area contributed by atoms with Gasteiger partial charge in [-0.15, -0.1) is 0 Å². The highest BCUT2D eigenvalue weighted by atomic mass is 16.4. The fourth-order valence-corrected chi connectivity index (χ4v) is 3.16. The van der Waals surface area contributed by atoms with Crippen LogP contribution in [0, 0.1) is 17.8 Å². The van der Waals surface area contributed by atoms with Crippen molar-refractivity contribution >= 4 is 11.9 Å². The predicted octanol–water partition coefficient (Wildman–Crippen LogP) is 2.35. The number of allylic oxidation sites excluding steroid dienone is 2. The van der Waals surface area contributed by atoms with E-state index in [1.807, 2.05) is 0 Å². The van der Waals surface area contributed by atoms with Gasteiger partial charge >= 0.3 is 5.97 Å². The van der Waals surface area contributed by atoms with Crippen molar-refractivity contribution in [2.45, 2.75) is 44.9 Å². The zero-order valence-electron chi connectivity index (χ0n) is 11.3. The minimum Gasteiger partial charge on any atom is -0.481 e. The summed E-state index contributed by atoms with van der Waals surface area (Å²) in [6.45, 7) is 0.687. The van der Waals surface area contributed by atoms with Crippen molar-refractivity contribution in [1.82, 2.24) is 5.32 Å². The number of hydrogen-bond donors (Lipinski definition) is 2. The minimum atomic E-state index is -0.819. The number of rotatable bonds is 4. The minimum absolute atomic E-state index is 0.0540. The van der Waals surface area contributed by atoms with Crippen LogP contribution < -0.4 is 5.32 Å². The number of nitrogens with one attached hydrogen (secondary N) is 1. The highest BCUT2D eigenvalue weighted by Gasteiger charge is 2.35. The van der Waals surface area contributed by atoms with Crippen LogP contribution in [0.1, 0.15) is 44.9 Å². The summed E-state index contributed by atoms with van der Waals surface area (Å²) in [6.07, 6.45) is 10.8. The maximum atomic E-state index is 12.2. The van der Waals surface area contributed by atoms with Gasteiger partial charge in [0.1, 0.15) is 0 Å². The van der Waals surface area contributed by atoms with Crippen molar-refractivity contribution < 1.29 is 14.7 Å². The van der Waals surface area contributed by atoms with Gasteiger partial charge in [0.2, 0.25) is 5.91 Å². The van der Waals surface area contributed by atoms with Gasteiger partial charge < -0.3 is 10.4 Å². The highest BCUT2D eigenvalue weighted by molar-refractivity contribution is 5.84. The molecule has 19 heavy (non-hydrogen) atoms. The van der Waals surface area contributed by atoms with E-state index in [0.29, 0.717) is 25.3 Å². The molecule has 0 radical (unpaired) electrons. The molecule has 3 atom stereocenters. The molecule has 4 heteroatoms. The van der Waals surface area contributed by atoms with E-state index in [1.165, 1.54) is 0 Å². The van der Waals surface area contributed by atoms with Crippen LogP contribution in [-0.2, 0) is 9.59 Å². The molecule has 0 aromatic heterocycles. The third-order valence-corrected chi connectivity index (χ3v) is 4.36. The maximum absolute atomic E-state index is 12.2. The summed E-state index contributed by atoms with van der Waals surface area (Å²) in [4.78, 5) is 23.3. The number of carbonyl (C=O) groups excluding carboxylic acids is 1. The zero-order valence-corrected chi connectivity index (χ0v) is 11.3. The quantitative estimate of drug-likeness (QED) is 0.767. The van der Waals surface area contributed by atoms with Crippen LogP contribution in [-0.4, -0.2) is 23.5 Å². The van der Waals surface area contributed by atoms with E-state index in [2.05, 4.69) is 17.5 Å². The molecule has 0 aliphatic heterocycles. The Morgan fingerprint density at radius 3 is 2.47 bits per heavy atom. The molecule has 2 rings (SSSR count). The third kappa shape index (κ3) is 3.82. The van der Waals surface area contributed by atoms with Crippen LogP contribution in [0.15, 0.2) is 12.2 Å². The molecule has 2 aliphatic carbocycles. The summed E-state index contributed by atoms with van der Waals surface area (Å²) in [7, 11) is 0. The number of aliphatic carboxylic acids is 1. The van der Waals surface area contributed by atoms with Crippen molar-refractivity contribution in [3.8, 4) is 0 Å². The van der Waals surface area contributed by atoms with Crippen LogP contribution >= 0.6 is 0 Å². The second kappa shape index (κ2) is 6.73. The van der Waals surface area contributed by atoms with Crippen molar-refractivity contribution in [3.05, 3.63) is 12.2 Å². The van der Waals surface area contributed by atoms with Gasteiger partial charge in [-0.25, -0.2) is 0 Å². The first-order valence-corrected chi connectivity index (χ1v) is 7.34. The van der Waals surface area contributed by atoms with Crippen LogP contribution in [0.2, 0.25) is 0 Å². The van der Waals surface area contributed by atoms with Crippen LogP contribution in [0.4, 0.5) is 0 Å². The Morgan fingerprint density at radius 2 is 1.84 bits per heavy atom. The summed E-state index contributed by atoms with van der Waals surface area (Å²) in [5.41, 5.74) is 0. The van der Waals surface area contributed by atoms with Crippen molar-refractivity contribution in [2.75, 3.05) is 6.54 Å². The van der Waals surface area contributed by atoms with Crippen molar-refractivity contribution in [3.63, 3.8) is 0 Å². The largest absolute Gasteiger partial charge is 0.481 e. The van der Waals surface area contributed by atoms with Gasteiger partial charge in [0.05, 0.1) is 11.8 Å². The second-order valence-electron chi connectivity index (χ2n) is 5.73. The summed E-state index contributed by atoms with van der Waals surface area (Å²) in [6, 6.07) is 0. The first kappa shape index (κ1) is 14.1. The molecule has 0 spiro atoms. The molecular weight excluding hydrogens is 242 g/mol. The number of carbonyl (C=O) groups is 2. The van der Waals surface area contributed by atoms with Crippen LogP contribution in [0.25, 0.3) is 0 Å². The Kier molecular flexibility index (Phi) is 5.00. The lowest BCUT2D eigenvalue weighted by molar-refractivity contribution is -0.148. The lowest BCUT2D eigenvalue weighted by Gasteiger charge is -2.28. The second-order valence-corrected chi connectivity index (χ2v) is 5.73. The number of amides is 1. The Labute approximate surface area is 114 Å². The molecule has 0 bridgehead atoms. The molecule has 0 saturated heterocycles. The summed E-state index contributed by atoms with van der Waals surface area (Å²) < 4.78 is 0. The average molecular weight is 265 g/mol. The molecular formula is C15H23NO3. The monoisotopic (exact) mass is 265 g/mol. The van der Waals surface area contributed by atoms with Gasteiger partial charge in [0.15, 0.2) is 0 Å². The average Bonchev–Trinajstić information content (AvgIpc) is 2.46. The van der Waals surface area contributed by atoms with Gasteiger partial charge in [0, 0.05) is 6.54 Å². The van der Waals surface area contributed by atoms with Gasteiger partial charge in [0.25, 0.3) is 0 Å². The van der Waals surface area contributed by atoms with E-state index in [4.69, 9.17) is 0 Å². The Bertz CT molecular complexity index is 364. The number of hydrogen-bond acceptors (Lipinski definition) is 2. The lowest BCUT2D eigenvalue weighted by Crippen LogP contribution is -2.41. The Hall–Kier alpha value is -1.32. The SMILES string of the molecule is O=C(O)[C@H]1CCCC[C@H]1C(=O)NCC1CC=CCC1. The number of carboxylic acid groups (broad SMARTS) is 1. The first-order valence-electron chi connectivity index (χ1n) is 7.34. The molecule has 2 N–H and O–H groups in total. The Morgan fingerprint density at radius 1 is 1.11 bits per heavy atom. The maximum Gasteiger partial charge on any atom is 0.307 e. The van der Waals surface area contributed by atoms with E-state index in [-0.39, 0.29) is 11.8 Å². The van der Waals surface area contributed by atoms with Crippen LogP contribution in [0.5, 0.6) is 0 Å². The molecule has 106 valence electrons. The summed E-state index contributed by atoms with van der Waals surface area (Å²) >= 11 is 0. The van der Waals surface area contributed by atoms with E-state index in [1.54, 1.807) is 0 Å². The molecule has 1 amide bonds. The molecule has 0 heterocycles. The van der Waals surface area contributed by atoms with E-state index < -0.39 is 11.9 Å². The predicted molar refractivity (Wildman–Crippen MR) is 72.6 cm³/mol. The fourth-order valence-electron chi connectivity index (χ4n) is 3.16. The molecule has 2 aliphatic rings. The summed E-state index contributed by atoms with van der Waals surface area (Å²) in [5.74, 6) is -1.17. The van der Waals surface area contributed by atoms with Crippen molar-refractivity contribution in [1.29, 1.82) is 0 Å². The molecule has 0 aromatic carbocycles. The molecule has 1 saturated carbocycles. The van der Waals surface area contributed by atoms with Gasteiger partial charge in [-0.2, -0.15) is 0 Å². The third-order valence-electron chi connectivity index (χ3n) is 4.36. The highest BCUT2D eigenvalue weighted by Crippen LogP contribution is 2.30. The molecule has 4 nitrogen and oxygen atoms in total. The van der Waals surface area contributed by atoms with Gasteiger partial charge in [-0.3, -0.25) is 9.59 Å². The van der Waals surface area contributed by atoms with Gasteiger partial charge in [-0.05, 0) is 38.0 Å². The van der Waals surface area contributed by atoms with Crippen LogP contribution in [0.3, 0.4) is 0 Å². The van der Waals surface area contributed by atoms with Crippen molar-refractivity contribution in [2.24, 2.45) is 17.8 Å². The Balaban J connectivity index is 1.83.